The molecule has 23 heavy (non-hydrogen) atoms. The lowest BCUT2D eigenvalue weighted by molar-refractivity contribution is -0.120. The molecule has 1 aliphatic rings. The Morgan fingerprint density at radius 2 is 1.39 bits per heavy atom. The molecule has 0 saturated carbocycles. The van der Waals surface area contributed by atoms with Gasteiger partial charge in [-0.15, -0.1) is 0 Å². The predicted octanol–water partition coefficient (Wildman–Crippen LogP) is 3.61. The smallest absolute Gasteiger partial charge is 0.175 e. The van der Waals surface area contributed by atoms with Crippen LogP contribution in [0.1, 0.15) is 25.0 Å². The molecule has 2 aromatic rings. The highest BCUT2D eigenvalue weighted by atomic mass is 32.2. The van der Waals surface area contributed by atoms with Crippen LogP contribution in [0.15, 0.2) is 59.5 Å². The molecule has 2 aromatic carbocycles. The Kier molecular flexibility index (Phi) is 3.52. The van der Waals surface area contributed by atoms with Gasteiger partial charge in [0, 0.05) is 11.8 Å². The summed E-state index contributed by atoms with van der Waals surface area (Å²) in [4.78, 5) is 12.8. The molecule has 0 saturated heterocycles. The molecule has 0 fully saturated rings. The lowest BCUT2D eigenvalue weighted by atomic mass is 9.61. The van der Waals surface area contributed by atoms with Gasteiger partial charge in [-0.2, -0.15) is 0 Å². The summed E-state index contributed by atoms with van der Waals surface area (Å²) >= 11 is 0. The van der Waals surface area contributed by atoms with E-state index in [0.717, 1.165) is 16.7 Å². The summed E-state index contributed by atoms with van der Waals surface area (Å²) < 4.78 is 23.1. The third-order valence-corrected chi connectivity index (χ3v) is 5.43. The highest BCUT2D eigenvalue weighted by Gasteiger charge is 2.47. The Balaban J connectivity index is 2.15. The molecule has 0 spiro atoms. The van der Waals surface area contributed by atoms with Crippen molar-refractivity contribution in [3.05, 3.63) is 65.7 Å². The molecule has 1 aliphatic carbocycles. The molecule has 0 radical (unpaired) electrons. The van der Waals surface area contributed by atoms with Gasteiger partial charge < -0.3 is 0 Å². The van der Waals surface area contributed by atoms with Crippen LogP contribution in [0.3, 0.4) is 0 Å². The second-order valence-electron chi connectivity index (χ2n) is 6.37. The molecule has 0 N–H and O–H groups in total. The normalized spacial score (nSPS) is 17.1. The lowest BCUT2D eigenvalue weighted by Gasteiger charge is -2.39. The van der Waals surface area contributed by atoms with E-state index in [-0.39, 0.29) is 10.7 Å². The second kappa shape index (κ2) is 5.17. The number of benzene rings is 2. The molecule has 4 heteroatoms. The van der Waals surface area contributed by atoms with E-state index in [1.54, 1.807) is 24.3 Å². The van der Waals surface area contributed by atoms with Crippen molar-refractivity contribution in [2.75, 3.05) is 6.26 Å². The van der Waals surface area contributed by atoms with Gasteiger partial charge in [-0.3, -0.25) is 4.79 Å². The molecule has 0 amide bonds. The fraction of sp³-hybridized carbons (Fsp3) is 0.211. The van der Waals surface area contributed by atoms with E-state index in [1.807, 2.05) is 44.2 Å². The summed E-state index contributed by atoms with van der Waals surface area (Å²) in [6, 6.07) is 16.4. The topological polar surface area (TPSA) is 51.2 Å². The van der Waals surface area contributed by atoms with Crippen LogP contribution >= 0.6 is 0 Å². The van der Waals surface area contributed by atoms with Gasteiger partial charge in [0.1, 0.15) is 0 Å². The number of carbonyl (C=O) groups excluding carboxylic acids is 1. The minimum Gasteiger partial charge on any atom is -0.293 e. The molecular formula is C19H18O3S. The van der Waals surface area contributed by atoms with Gasteiger partial charge in [0.2, 0.25) is 0 Å². The number of Topliss-reactive ketones (excluding diaryl/α,β-unsaturated/α-hetero) is 1. The van der Waals surface area contributed by atoms with Crippen molar-refractivity contribution in [2.45, 2.75) is 18.7 Å². The zero-order valence-electron chi connectivity index (χ0n) is 13.3. The maximum absolute atomic E-state index is 12.6. The molecule has 0 bridgehead atoms. The molecule has 0 atom stereocenters. The van der Waals surface area contributed by atoms with Gasteiger partial charge in [0.25, 0.3) is 0 Å². The van der Waals surface area contributed by atoms with Crippen molar-refractivity contribution in [3.8, 4) is 0 Å². The summed E-state index contributed by atoms with van der Waals surface area (Å²) in [7, 11) is -3.24. The van der Waals surface area contributed by atoms with Crippen molar-refractivity contribution in [1.29, 1.82) is 0 Å². The minimum atomic E-state index is -3.24. The minimum absolute atomic E-state index is 0.0865. The van der Waals surface area contributed by atoms with Crippen molar-refractivity contribution in [2.24, 2.45) is 5.41 Å². The first kappa shape index (κ1) is 15.7. The van der Waals surface area contributed by atoms with Gasteiger partial charge in [-0.25, -0.2) is 8.42 Å². The van der Waals surface area contributed by atoms with Crippen LogP contribution in [0.5, 0.6) is 0 Å². The third-order valence-electron chi connectivity index (χ3n) is 4.30. The first-order valence-electron chi connectivity index (χ1n) is 7.38. The summed E-state index contributed by atoms with van der Waals surface area (Å²) in [6.45, 7) is 3.85. The lowest BCUT2D eigenvalue weighted by Crippen LogP contribution is -2.37. The maximum atomic E-state index is 12.6. The largest absolute Gasteiger partial charge is 0.293 e. The molecular weight excluding hydrogens is 308 g/mol. The first-order valence-corrected chi connectivity index (χ1v) is 9.27. The van der Waals surface area contributed by atoms with Crippen LogP contribution in [0, 0.1) is 5.41 Å². The Bertz CT molecular complexity index is 903. The molecule has 0 aliphatic heterocycles. The van der Waals surface area contributed by atoms with E-state index in [2.05, 4.69) is 0 Å². The summed E-state index contributed by atoms with van der Waals surface area (Å²) in [5.41, 5.74) is 2.96. The Morgan fingerprint density at radius 3 is 1.91 bits per heavy atom. The second-order valence-corrected chi connectivity index (χ2v) is 8.38. The van der Waals surface area contributed by atoms with Crippen LogP contribution < -0.4 is 0 Å². The molecule has 3 nitrogen and oxygen atoms in total. The van der Waals surface area contributed by atoms with Crippen molar-refractivity contribution in [3.63, 3.8) is 0 Å². The standard InChI is InChI=1S/C19H18O3S/c1-19(2)17(14-7-5-4-6-8-14)16(18(19)20)13-9-11-15(12-10-13)23(3,21)22/h4-12H,1-3H3. The molecule has 0 heterocycles. The Morgan fingerprint density at radius 1 is 0.826 bits per heavy atom. The number of carbonyl (C=O) groups is 1. The molecule has 3 rings (SSSR count). The molecule has 0 aromatic heterocycles. The number of sulfone groups is 1. The fourth-order valence-corrected chi connectivity index (χ4v) is 3.67. The van der Waals surface area contributed by atoms with Crippen LogP contribution in [0.4, 0.5) is 0 Å². The van der Waals surface area contributed by atoms with Crippen molar-refractivity contribution >= 4 is 26.8 Å². The SMILES string of the molecule is CC1(C)C(=O)C(c2ccc(S(C)(=O)=O)cc2)=C1c1ccccc1. The first-order chi connectivity index (χ1) is 10.7. The highest BCUT2D eigenvalue weighted by Crippen LogP contribution is 2.52. The number of rotatable bonds is 3. The number of hydrogen-bond donors (Lipinski definition) is 0. The molecule has 0 unspecified atom stereocenters. The summed E-state index contributed by atoms with van der Waals surface area (Å²) in [5, 5.41) is 0. The zero-order chi connectivity index (χ0) is 16.8. The zero-order valence-corrected chi connectivity index (χ0v) is 14.1. The van der Waals surface area contributed by atoms with Gasteiger partial charge in [-0.05, 0) is 42.7 Å². The van der Waals surface area contributed by atoms with E-state index < -0.39 is 15.3 Å². The summed E-state index contributed by atoms with van der Waals surface area (Å²) in [5.74, 6) is 0.0865. The van der Waals surface area contributed by atoms with Crippen molar-refractivity contribution in [1.82, 2.24) is 0 Å². The van der Waals surface area contributed by atoms with E-state index in [4.69, 9.17) is 0 Å². The van der Waals surface area contributed by atoms with Gasteiger partial charge >= 0.3 is 0 Å². The van der Waals surface area contributed by atoms with Gasteiger partial charge in [0.15, 0.2) is 15.6 Å². The van der Waals surface area contributed by atoms with E-state index >= 15 is 0 Å². The summed E-state index contributed by atoms with van der Waals surface area (Å²) in [6.07, 6.45) is 1.17. The van der Waals surface area contributed by atoms with Crippen LogP contribution in [0.25, 0.3) is 11.1 Å². The van der Waals surface area contributed by atoms with Crippen LogP contribution in [-0.2, 0) is 14.6 Å². The van der Waals surface area contributed by atoms with E-state index in [0.29, 0.717) is 5.57 Å². The average molecular weight is 326 g/mol. The highest BCUT2D eigenvalue weighted by molar-refractivity contribution is 7.90. The van der Waals surface area contributed by atoms with E-state index in [9.17, 15) is 13.2 Å². The van der Waals surface area contributed by atoms with Crippen LogP contribution in [0.2, 0.25) is 0 Å². The van der Waals surface area contributed by atoms with Gasteiger partial charge in [-0.1, -0.05) is 42.5 Å². The van der Waals surface area contributed by atoms with Crippen LogP contribution in [-0.4, -0.2) is 20.5 Å². The Hall–Kier alpha value is -2.20. The quantitative estimate of drug-likeness (QED) is 0.866. The number of hydrogen-bond acceptors (Lipinski definition) is 3. The van der Waals surface area contributed by atoms with Crippen molar-refractivity contribution < 1.29 is 13.2 Å². The predicted molar refractivity (Wildman–Crippen MR) is 91.6 cm³/mol. The Labute approximate surface area is 136 Å². The maximum Gasteiger partial charge on any atom is 0.175 e. The molecule has 118 valence electrons. The van der Waals surface area contributed by atoms with E-state index in [1.165, 1.54) is 6.26 Å². The number of allylic oxidation sites excluding steroid dienone is 2. The third kappa shape index (κ3) is 2.53. The van der Waals surface area contributed by atoms with Gasteiger partial charge in [0.05, 0.1) is 10.3 Å². The fourth-order valence-electron chi connectivity index (χ4n) is 3.04. The number of ketones is 1. The monoisotopic (exact) mass is 326 g/mol. The average Bonchev–Trinajstić information content (AvgIpc) is 2.52.